The number of likely N-dealkylation sites (tertiary alicyclic amines) is 1. The van der Waals surface area contributed by atoms with E-state index in [4.69, 9.17) is 5.73 Å². The summed E-state index contributed by atoms with van der Waals surface area (Å²) in [7, 11) is 0. The number of Topliss-reactive ketones (excluding diaryl/α,β-unsaturated/α-hetero) is 2. The van der Waals surface area contributed by atoms with Crippen molar-refractivity contribution in [3.05, 3.63) is 0 Å². The van der Waals surface area contributed by atoms with E-state index in [2.05, 4.69) is 16.0 Å². The average molecular weight is 548 g/mol. The number of carbonyl (C=O) groups is 6. The number of urea groups is 1. The molecule has 11 nitrogen and oxygen atoms in total. The Hall–Kier alpha value is -2.98. The van der Waals surface area contributed by atoms with Gasteiger partial charge in [0.15, 0.2) is 5.78 Å². The molecule has 4 atom stereocenters. The van der Waals surface area contributed by atoms with Gasteiger partial charge in [-0.1, -0.05) is 53.9 Å². The van der Waals surface area contributed by atoms with Gasteiger partial charge < -0.3 is 26.6 Å². The molecular weight excluding hydrogens is 502 g/mol. The second kappa shape index (κ2) is 12.5. The molecule has 0 aromatic carbocycles. The van der Waals surface area contributed by atoms with E-state index in [1.807, 2.05) is 34.6 Å². The molecule has 2 saturated carbocycles. The smallest absolute Gasteiger partial charge is 0.316 e. The maximum absolute atomic E-state index is 13.8. The van der Waals surface area contributed by atoms with Gasteiger partial charge in [0.1, 0.15) is 12.1 Å². The lowest BCUT2D eigenvalue weighted by molar-refractivity contribution is -0.143. The maximum Gasteiger partial charge on any atom is 0.316 e. The normalized spacial score (nSPS) is 21.9. The minimum Gasteiger partial charge on any atom is -0.363 e. The molecule has 1 saturated heterocycles. The fraction of sp³-hybridized carbons (Fsp3) is 0.786. The summed E-state index contributed by atoms with van der Waals surface area (Å²) in [6.07, 6.45) is 5.88. The maximum atomic E-state index is 13.8. The molecule has 39 heavy (non-hydrogen) atoms. The Morgan fingerprint density at radius 2 is 1.54 bits per heavy atom. The third kappa shape index (κ3) is 7.79. The Labute approximate surface area is 230 Å². The molecule has 1 aliphatic heterocycles. The molecule has 3 aliphatic rings. The third-order valence-corrected chi connectivity index (χ3v) is 8.14. The Bertz CT molecular complexity index is 981. The summed E-state index contributed by atoms with van der Waals surface area (Å²) in [5.41, 5.74) is 4.54. The highest BCUT2D eigenvalue weighted by molar-refractivity contribution is 6.37. The Morgan fingerprint density at radius 1 is 0.897 bits per heavy atom. The van der Waals surface area contributed by atoms with Crippen LogP contribution in [-0.4, -0.2) is 70.9 Å². The predicted octanol–water partition coefficient (Wildman–Crippen LogP) is 1.42. The molecule has 5 amide bonds. The Balaban J connectivity index is 1.70. The van der Waals surface area contributed by atoms with Gasteiger partial charge in [0, 0.05) is 12.5 Å². The van der Waals surface area contributed by atoms with E-state index in [9.17, 15) is 28.8 Å². The molecule has 0 bridgehead atoms. The van der Waals surface area contributed by atoms with Crippen molar-refractivity contribution < 1.29 is 28.8 Å². The monoisotopic (exact) mass is 547 g/mol. The van der Waals surface area contributed by atoms with Crippen molar-refractivity contribution in [1.82, 2.24) is 20.9 Å². The summed E-state index contributed by atoms with van der Waals surface area (Å²) in [5, 5.41) is 8.22. The van der Waals surface area contributed by atoms with Crippen LogP contribution in [0.5, 0.6) is 0 Å². The van der Waals surface area contributed by atoms with E-state index < -0.39 is 59.1 Å². The van der Waals surface area contributed by atoms with Gasteiger partial charge in [0.25, 0.3) is 5.91 Å². The summed E-state index contributed by atoms with van der Waals surface area (Å²) in [4.78, 5) is 78.2. The first-order chi connectivity index (χ1) is 18.2. The van der Waals surface area contributed by atoms with Gasteiger partial charge in [-0.2, -0.15) is 0 Å². The van der Waals surface area contributed by atoms with E-state index in [-0.39, 0.29) is 23.5 Å². The zero-order valence-corrected chi connectivity index (χ0v) is 23.9. The summed E-state index contributed by atoms with van der Waals surface area (Å²) in [5.74, 6) is -2.72. The first-order valence-corrected chi connectivity index (χ1v) is 14.3. The number of amides is 5. The first-order valence-electron chi connectivity index (χ1n) is 14.3. The lowest BCUT2D eigenvalue weighted by Crippen LogP contribution is -2.61. The number of ketones is 2. The van der Waals surface area contributed by atoms with E-state index >= 15 is 0 Å². The van der Waals surface area contributed by atoms with Crippen LogP contribution >= 0.6 is 0 Å². The summed E-state index contributed by atoms with van der Waals surface area (Å²) in [6, 6.07) is -4.07. The molecule has 2 aliphatic carbocycles. The second-order valence-corrected chi connectivity index (χ2v) is 12.8. The van der Waals surface area contributed by atoms with Crippen LogP contribution < -0.4 is 21.7 Å². The minimum atomic E-state index is -1.10. The lowest BCUT2D eigenvalue weighted by Gasteiger charge is -2.36. The Morgan fingerprint density at radius 3 is 2.03 bits per heavy atom. The van der Waals surface area contributed by atoms with Gasteiger partial charge in [-0.3, -0.25) is 24.0 Å². The van der Waals surface area contributed by atoms with Crippen molar-refractivity contribution in [3.8, 4) is 0 Å². The van der Waals surface area contributed by atoms with E-state index in [0.717, 1.165) is 32.1 Å². The quantitative estimate of drug-likeness (QED) is 0.270. The standard InChI is InChI=1S/C28H45N5O6/c1-15(2)20(21(34)17-11-12-17)31-27(39)32-23(28(3,4)5)26(38)33-13-7-10-19(33)25(37)30-18(22(35)24(29)36)14-16-8-6-9-16/h15-20,23H,6-14H2,1-5H3,(H2,29,36)(H,30,37)(H2,31,32,39)/t18?,19-,20?,23?/m0/s1. The van der Waals surface area contributed by atoms with Crippen molar-refractivity contribution in [1.29, 1.82) is 0 Å². The van der Waals surface area contributed by atoms with Crippen LogP contribution in [0.2, 0.25) is 0 Å². The number of primary amides is 1. The number of hydrogen-bond acceptors (Lipinski definition) is 6. The van der Waals surface area contributed by atoms with Crippen molar-refractivity contribution in [2.75, 3.05) is 6.54 Å². The SMILES string of the molecule is CC(C)C(NC(=O)NC(C(=O)N1CCC[C@H]1C(=O)NC(CC1CCC1)C(=O)C(N)=O)C(C)(C)C)C(=O)C1CC1. The molecule has 3 rings (SSSR count). The van der Waals surface area contributed by atoms with Gasteiger partial charge >= 0.3 is 6.03 Å². The molecule has 0 aromatic heterocycles. The van der Waals surface area contributed by atoms with Crippen LogP contribution in [0.1, 0.15) is 86.0 Å². The highest BCUT2D eigenvalue weighted by atomic mass is 16.2. The van der Waals surface area contributed by atoms with E-state index in [0.29, 0.717) is 25.8 Å². The first kappa shape index (κ1) is 30.6. The van der Waals surface area contributed by atoms with Crippen LogP contribution in [0.3, 0.4) is 0 Å². The Kier molecular flexibility index (Phi) is 9.77. The molecule has 218 valence electrons. The minimum absolute atomic E-state index is 0.0111. The van der Waals surface area contributed by atoms with Gasteiger partial charge in [-0.15, -0.1) is 0 Å². The van der Waals surface area contributed by atoms with Crippen LogP contribution in [0.4, 0.5) is 4.79 Å². The summed E-state index contributed by atoms with van der Waals surface area (Å²) in [6.45, 7) is 9.50. The van der Waals surface area contributed by atoms with Crippen molar-refractivity contribution >= 4 is 35.3 Å². The zero-order chi connectivity index (χ0) is 29.1. The number of nitrogens with zero attached hydrogens (tertiary/aromatic N) is 1. The van der Waals surface area contributed by atoms with Crippen molar-refractivity contribution in [2.24, 2.45) is 28.9 Å². The van der Waals surface area contributed by atoms with Crippen LogP contribution in [-0.2, 0) is 24.0 Å². The summed E-state index contributed by atoms with van der Waals surface area (Å²) >= 11 is 0. The third-order valence-electron chi connectivity index (χ3n) is 8.14. The topological polar surface area (TPSA) is 168 Å². The molecular formula is C28H45N5O6. The number of nitrogens with one attached hydrogen (secondary N) is 3. The van der Waals surface area contributed by atoms with Gasteiger partial charge in [-0.25, -0.2) is 4.79 Å². The second-order valence-electron chi connectivity index (χ2n) is 12.8. The molecule has 0 spiro atoms. The highest BCUT2D eigenvalue weighted by Gasteiger charge is 2.44. The fourth-order valence-corrected chi connectivity index (χ4v) is 5.35. The summed E-state index contributed by atoms with van der Waals surface area (Å²) < 4.78 is 0. The van der Waals surface area contributed by atoms with Gasteiger partial charge in [-0.05, 0) is 49.4 Å². The van der Waals surface area contributed by atoms with E-state index in [1.165, 1.54) is 4.90 Å². The van der Waals surface area contributed by atoms with Gasteiger partial charge in [0.05, 0.1) is 12.1 Å². The average Bonchev–Trinajstić information content (AvgIpc) is 3.55. The molecule has 5 N–H and O–H groups in total. The molecule has 1 heterocycles. The van der Waals surface area contributed by atoms with Gasteiger partial charge in [0.2, 0.25) is 17.6 Å². The predicted molar refractivity (Wildman–Crippen MR) is 144 cm³/mol. The number of nitrogens with two attached hydrogens (primary N) is 1. The lowest BCUT2D eigenvalue weighted by atomic mass is 9.80. The number of hydrogen-bond donors (Lipinski definition) is 4. The van der Waals surface area contributed by atoms with Crippen LogP contribution in [0, 0.1) is 23.2 Å². The number of carbonyl (C=O) groups excluding carboxylic acids is 6. The van der Waals surface area contributed by atoms with Crippen LogP contribution in [0.25, 0.3) is 0 Å². The van der Waals surface area contributed by atoms with Crippen molar-refractivity contribution in [2.45, 2.75) is 110 Å². The fourth-order valence-electron chi connectivity index (χ4n) is 5.35. The molecule has 11 heteroatoms. The largest absolute Gasteiger partial charge is 0.363 e. The molecule has 3 unspecified atom stereocenters. The molecule has 0 aromatic rings. The van der Waals surface area contributed by atoms with Crippen LogP contribution in [0.15, 0.2) is 0 Å². The van der Waals surface area contributed by atoms with E-state index in [1.54, 1.807) is 0 Å². The highest BCUT2D eigenvalue weighted by Crippen LogP contribution is 2.33. The number of rotatable bonds is 12. The molecule has 0 radical (unpaired) electrons. The molecule has 3 fully saturated rings. The zero-order valence-electron chi connectivity index (χ0n) is 23.9. The van der Waals surface area contributed by atoms with Crippen molar-refractivity contribution in [3.63, 3.8) is 0 Å².